The largest absolute Gasteiger partial charge is 0.300 e. The Morgan fingerprint density at radius 1 is 1.35 bits per heavy atom. The number of nitro groups is 1. The minimum absolute atomic E-state index is 0.102. The number of carbonyl (C=O) groups is 1. The number of carbonyl (C=O) groups excluding carboxylic acids is 1. The van der Waals surface area contributed by atoms with Gasteiger partial charge in [0.15, 0.2) is 0 Å². The summed E-state index contributed by atoms with van der Waals surface area (Å²) < 4.78 is 0. The topological polar surface area (TPSA) is 60.2 Å². The smallest absolute Gasteiger partial charge is 0.269 e. The first-order valence-corrected chi connectivity index (χ1v) is 5.78. The molecule has 0 aliphatic heterocycles. The number of benzene rings is 1. The van der Waals surface area contributed by atoms with Crippen LogP contribution in [0.3, 0.4) is 0 Å². The standard InChI is InChI=1S/C13H17NO3/c1-3-12(10(2)15)7-4-11-5-8-13(9-6-11)14(16)17/h5-6,8-9,12H,3-4,7H2,1-2H3. The first-order valence-electron chi connectivity index (χ1n) is 5.78. The lowest BCUT2D eigenvalue weighted by molar-refractivity contribution is -0.384. The van der Waals surface area contributed by atoms with E-state index in [1.165, 1.54) is 12.1 Å². The summed E-state index contributed by atoms with van der Waals surface area (Å²) in [6.07, 6.45) is 2.45. The first-order chi connectivity index (χ1) is 8.04. The molecule has 0 saturated heterocycles. The van der Waals surface area contributed by atoms with E-state index in [2.05, 4.69) is 0 Å². The van der Waals surface area contributed by atoms with Crippen molar-refractivity contribution >= 4 is 11.5 Å². The minimum Gasteiger partial charge on any atom is -0.300 e. The molecule has 1 aromatic rings. The zero-order chi connectivity index (χ0) is 12.8. The maximum absolute atomic E-state index is 11.3. The van der Waals surface area contributed by atoms with Crippen molar-refractivity contribution in [3.63, 3.8) is 0 Å². The maximum Gasteiger partial charge on any atom is 0.269 e. The van der Waals surface area contributed by atoms with E-state index in [-0.39, 0.29) is 17.4 Å². The lowest BCUT2D eigenvalue weighted by atomic mass is 9.94. The average molecular weight is 235 g/mol. The monoisotopic (exact) mass is 235 g/mol. The SMILES string of the molecule is CCC(CCc1ccc([N+](=O)[O-])cc1)C(C)=O. The number of Topliss-reactive ketones (excluding diaryl/α,β-unsaturated/α-hetero) is 1. The van der Waals surface area contributed by atoms with Gasteiger partial charge in [0.25, 0.3) is 5.69 Å². The Hall–Kier alpha value is -1.71. The van der Waals surface area contributed by atoms with Gasteiger partial charge in [-0.3, -0.25) is 14.9 Å². The molecule has 0 aliphatic rings. The van der Waals surface area contributed by atoms with Crippen LogP contribution in [-0.4, -0.2) is 10.7 Å². The maximum atomic E-state index is 11.3. The summed E-state index contributed by atoms with van der Waals surface area (Å²) in [6, 6.07) is 6.52. The summed E-state index contributed by atoms with van der Waals surface area (Å²) in [5.41, 5.74) is 1.14. The van der Waals surface area contributed by atoms with Crippen molar-refractivity contribution in [3.8, 4) is 0 Å². The van der Waals surface area contributed by atoms with Crippen LogP contribution in [-0.2, 0) is 11.2 Å². The van der Waals surface area contributed by atoms with Gasteiger partial charge in [0.1, 0.15) is 5.78 Å². The molecular weight excluding hydrogens is 218 g/mol. The second kappa shape index (κ2) is 6.13. The molecule has 1 atom stereocenters. The Morgan fingerprint density at radius 3 is 2.35 bits per heavy atom. The fourth-order valence-corrected chi connectivity index (χ4v) is 1.82. The molecule has 0 fully saturated rings. The Labute approximate surface area is 101 Å². The summed E-state index contributed by atoms with van der Waals surface area (Å²) >= 11 is 0. The van der Waals surface area contributed by atoms with E-state index in [4.69, 9.17) is 0 Å². The molecule has 17 heavy (non-hydrogen) atoms. The Kier molecular flexibility index (Phi) is 4.82. The quantitative estimate of drug-likeness (QED) is 0.562. The second-order valence-corrected chi connectivity index (χ2v) is 4.18. The van der Waals surface area contributed by atoms with Crippen LogP contribution in [0.5, 0.6) is 0 Å². The van der Waals surface area contributed by atoms with E-state index in [1.807, 2.05) is 6.92 Å². The molecule has 0 bridgehead atoms. The van der Waals surface area contributed by atoms with Gasteiger partial charge in [-0.05, 0) is 31.7 Å². The predicted molar refractivity (Wildman–Crippen MR) is 65.9 cm³/mol. The number of aryl methyl sites for hydroxylation is 1. The number of nitrogens with zero attached hydrogens (tertiary/aromatic N) is 1. The molecule has 0 heterocycles. The number of rotatable bonds is 6. The Morgan fingerprint density at radius 2 is 1.94 bits per heavy atom. The van der Waals surface area contributed by atoms with E-state index < -0.39 is 4.92 Å². The zero-order valence-electron chi connectivity index (χ0n) is 10.2. The van der Waals surface area contributed by atoms with Crippen LogP contribution < -0.4 is 0 Å². The molecule has 0 spiro atoms. The molecule has 0 aromatic heterocycles. The molecule has 0 amide bonds. The van der Waals surface area contributed by atoms with Crippen LogP contribution in [0.4, 0.5) is 5.69 Å². The van der Waals surface area contributed by atoms with E-state index in [0.717, 1.165) is 24.8 Å². The molecule has 1 rings (SSSR count). The van der Waals surface area contributed by atoms with Crippen molar-refractivity contribution in [2.75, 3.05) is 0 Å². The first kappa shape index (κ1) is 13.4. The van der Waals surface area contributed by atoms with Gasteiger partial charge in [-0.25, -0.2) is 0 Å². The number of ketones is 1. The molecule has 0 N–H and O–H groups in total. The van der Waals surface area contributed by atoms with Gasteiger partial charge in [0.05, 0.1) is 4.92 Å². The fourth-order valence-electron chi connectivity index (χ4n) is 1.82. The minimum atomic E-state index is -0.409. The summed E-state index contributed by atoms with van der Waals surface area (Å²) in [6.45, 7) is 3.62. The Bertz CT molecular complexity index is 398. The van der Waals surface area contributed by atoms with Crippen molar-refractivity contribution in [1.82, 2.24) is 0 Å². The highest BCUT2D eigenvalue weighted by molar-refractivity contribution is 5.78. The normalized spacial score (nSPS) is 12.1. The van der Waals surface area contributed by atoms with E-state index in [0.29, 0.717) is 0 Å². The molecule has 0 aliphatic carbocycles. The van der Waals surface area contributed by atoms with Gasteiger partial charge in [-0.15, -0.1) is 0 Å². The number of hydrogen-bond acceptors (Lipinski definition) is 3. The van der Waals surface area contributed by atoms with Crippen molar-refractivity contribution in [3.05, 3.63) is 39.9 Å². The highest BCUT2D eigenvalue weighted by Crippen LogP contribution is 2.17. The molecule has 4 heteroatoms. The molecule has 0 radical (unpaired) electrons. The van der Waals surface area contributed by atoms with Gasteiger partial charge in [0.2, 0.25) is 0 Å². The molecule has 0 saturated carbocycles. The number of non-ortho nitro benzene ring substituents is 1. The van der Waals surface area contributed by atoms with Crippen LogP contribution in [0.15, 0.2) is 24.3 Å². The van der Waals surface area contributed by atoms with Crippen LogP contribution in [0.25, 0.3) is 0 Å². The number of nitro benzene ring substituents is 1. The molecule has 1 aromatic carbocycles. The predicted octanol–water partition coefficient (Wildman–Crippen LogP) is 3.14. The fraction of sp³-hybridized carbons (Fsp3) is 0.462. The van der Waals surface area contributed by atoms with Gasteiger partial charge < -0.3 is 0 Å². The molecule has 1 unspecified atom stereocenters. The van der Waals surface area contributed by atoms with Crippen molar-refractivity contribution in [2.45, 2.75) is 33.1 Å². The van der Waals surface area contributed by atoms with Gasteiger partial charge in [-0.2, -0.15) is 0 Å². The molecule has 92 valence electrons. The average Bonchev–Trinajstić information content (AvgIpc) is 2.30. The zero-order valence-corrected chi connectivity index (χ0v) is 10.2. The van der Waals surface area contributed by atoms with Gasteiger partial charge in [0, 0.05) is 18.1 Å². The van der Waals surface area contributed by atoms with Crippen molar-refractivity contribution in [2.24, 2.45) is 5.92 Å². The Balaban J connectivity index is 2.58. The van der Waals surface area contributed by atoms with Crippen LogP contribution in [0.2, 0.25) is 0 Å². The highest BCUT2D eigenvalue weighted by Gasteiger charge is 2.12. The van der Waals surface area contributed by atoms with E-state index >= 15 is 0 Å². The lowest BCUT2D eigenvalue weighted by Gasteiger charge is -2.10. The number of hydrogen-bond donors (Lipinski definition) is 0. The molecule has 4 nitrogen and oxygen atoms in total. The van der Waals surface area contributed by atoms with Crippen LogP contribution >= 0.6 is 0 Å². The molecular formula is C13H17NO3. The third-order valence-electron chi connectivity index (χ3n) is 3.00. The van der Waals surface area contributed by atoms with Crippen molar-refractivity contribution < 1.29 is 9.72 Å². The third-order valence-corrected chi connectivity index (χ3v) is 3.00. The second-order valence-electron chi connectivity index (χ2n) is 4.18. The highest BCUT2D eigenvalue weighted by atomic mass is 16.6. The summed E-state index contributed by atoms with van der Waals surface area (Å²) in [5.74, 6) is 0.319. The van der Waals surface area contributed by atoms with Crippen molar-refractivity contribution in [1.29, 1.82) is 0 Å². The van der Waals surface area contributed by atoms with Crippen LogP contribution in [0, 0.1) is 16.0 Å². The third kappa shape index (κ3) is 3.98. The van der Waals surface area contributed by atoms with Crippen LogP contribution in [0.1, 0.15) is 32.3 Å². The summed E-state index contributed by atoms with van der Waals surface area (Å²) in [7, 11) is 0. The van der Waals surface area contributed by atoms with E-state index in [9.17, 15) is 14.9 Å². The van der Waals surface area contributed by atoms with E-state index in [1.54, 1.807) is 19.1 Å². The summed E-state index contributed by atoms with van der Waals surface area (Å²) in [5, 5.41) is 10.5. The van der Waals surface area contributed by atoms with Gasteiger partial charge >= 0.3 is 0 Å². The summed E-state index contributed by atoms with van der Waals surface area (Å²) in [4.78, 5) is 21.3. The lowest BCUT2D eigenvalue weighted by Crippen LogP contribution is -2.10. The van der Waals surface area contributed by atoms with Gasteiger partial charge in [-0.1, -0.05) is 19.1 Å².